The lowest BCUT2D eigenvalue weighted by molar-refractivity contribution is 0.0735. The van der Waals surface area contributed by atoms with Gasteiger partial charge in [0.1, 0.15) is 5.01 Å². The number of likely N-dealkylation sites (tertiary alicyclic amines) is 1. The first-order chi connectivity index (χ1) is 16.6. The average molecular weight is 490 g/mol. The largest absolute Gasteiger partial charge is 0.423 e. The number of ether oxygens (including phenoxy) is 1. The number of hydrogen-bond donors (Lipinski definition) is 3. The smallest absolute Gasteiger partial charge is 0.254 e. The fraction of sp³-hybridized carbons (Fsp3) is 0.333. The van der Waals surface area contributed by atoms with Crippen LogP contribution in [0.2, 0.25) is 0 Å². The Labute approximate surface area is 210 Å². The summed E-state index contributed by atoms with van der Waals surface area (Å²) in [5.41, 5.74) is 9.02. The number of carbonyl (C=O) groups excluding carboxylic acids is 1. The summed E-state index contributed by atoms with van der Waals surface area (Å²) in [6.45, 7) is 6.24. The third-order valence-corrected chi connectivity index (χ3v) is 7.22. The molecule has 2 atom stereocenters. The maximum absolute atomic E-state index is 13.5. The number of thiazole rings is 1. The number of nitrogens with zero attached hydrogens (tertiary/aromatic N) is 2. The maximum atomic E-state index is 13.5. The van der Waals surface area contributed by atoms with Crippen LogP contribution >= 0.6 is 11.3 Å². The number of amides is 1. The summed E-state index contributed by atoms with van der Waals surface area (Å²) in [6.07, 6.45) is 2.23. The molecule has 2 heterocycles. The van der Waals surface area contributed by atoms with Crippen LogP contribution in [0.1, 0.15) is 63.6 Å². The quantitative estimate of drug-likeness (QED) is 0.333. The van der Waals surface area contributed by atoms with Crippen LogP contribution in [-0.4, -0.2) is 39.7 Å². The van der Waals surface area contributed by atoms with Gasteiger partial charge >= 0.3 is 0 Å². The zero-order valence-corrected chi connectivity index (χ0v) is 21.1. The van der Waals surface area contributed by atoms with Crippen LogP contribution in [0.15, 0.2) is 53.9 Å². The minimum absolute atomic E-state index is 0.0232. The first-order valence-corrected chi connectivity index (χ1v) is 12.6. The van der Waals surface area contributed by atoms with Gasteiger partial charge in [0, 0.05) is 28.7 Å². The highest BCUT2D eigenvalue weighted by atomic mass is 32.1. The molecule has 3 aromatic rings. The number of carbonyl (C=O) groups is 1. The third-order valence-electron chi connectivity index (χ3n) is 6.16. The highest BCUT2D eigenvalue weighted by Gasteiger charge is 2.33. The van der Waals surface area contributed by atoms with Gasteiger partial charge in [-0.3, -0.25) is 15.6 Å². The molecular formula is C27H31N5O2S. The van der Waals surface area contributed by atoms with Crippen LogP contribution in [0.5, 0.6) is 0 Å². The Hall–Kier alpha value is -3.36. The van der Waals surface area contributed by atoms with Crippen molar-refractivity contribution in [2.24, 2.45) is 5.73 Å². The van der Waals surface area contributed by atoms with Gasteiger partial charge < -0.3 is 15.4 Å². The lowest BCUT2D eigenvalue weighted by Crippen LogP contribution is -2.48. The van der Waals surface area contributed by atoms with Gasteiger partial charge in [-0.2, -0.15) is 0 Å². The number of aromatic nitrogens is 1. The zero-order chi connectivity index (χ0) is 25.2. The zero-order valence-electron chi connectivity index (χ0n) is 20.3. The molecule has 1 aliphatic heterocycles. The number of hydrogen-bond acceptors (Lipinski definition) is 7. The Bertz CT molecular complexity index is 1250. The van der Waals surface area contributed by atoms with Gasteiger partial charge in [-0.1, -0.05) is 30.3 Å². The van der Waals surface area contributed by atoms with Crippen molar-refractivity contribution >= 4 is 29.0 Å². The average Bonchev–Trinajstić information content (AvgIpc) is 3.47. The summed E-state index contributed by atoms with van der Waals surface area (Å²) in [5, 5.41) is 19.9. The van der Waals surface area contributed by atoms with E-state index in [9.17, 15) is 4.79 Å². The molecule has 4 rings (SSSR count). The van der Waals surface area contributed by atoms with Crippen molar-refractivity contribution in [3.05, 3.63) is 86.9 Å². The number of benzene rings is 2. The Morgan fingerprint density at radius 1 is 1.20 bits per heavy atom. The van der Waals surface area contributed by atoms with E-state index in [4.69, 9.17) is 21.3 Å². The van der Waals surface area contributed by atoms with Gasteiger partial charge in [-0.25, -0.2) is 4.98 Å². The molecule has 1 aromatic heterocycles. The number of nitrogens with two attached hydrogens (primary N) is 1. The van der Waals surface area contributed by atoms with E-state index in [1.807, 2.05) is 60.5 Å². The number of nitrogens with one attached hydrogen (secondary N) is 2. The molecule has 0 radical (unpaired) electrons. The minimum Gasteiger partial charge on any atom is -0.423 e. The topological polar surface area (TPSA) is 116 Å². The van der Waals surface area contributed by atoms with E-state index in [0.717, 1.165) is 34.7 Å². The van der Waals surface area contributed by atoms with Crippen LogP contribution in [0.4, 0.5) is 0 Å². The third kappa shape index (κ3) is 5.66. The van der Waals surface area contributed by atoms with Crippen LogP contribution in [-0.2, 0) is 11.2 Å². The minimum atomic E-state index is -1.08. The van der Waals surface area contributed by atoms with E-state index in [-0.39, 0.29) is 23.7 Å². The Kier molecular flexibility index (Phi) is 7.14. The van der Waals surface area contributed by atoms with Crippen LogP contribution in [0.3, 0.4) is 0 Å². The summed E-state index contributed by atoms with van der Waals surface area (Å²) >= 11 is 1.59. The SMILES string of the molecule is Cc1cc(C(=N)OC(=N)[C@](C)(N)Cc2ccccc2)cc(C(=O)N2CCC[C@@H]2c2nc(C)cs2)c1. The second-order valence-electron chi connectivity index (χ2n) is 9.41. The molecule has 0 saturated carbocycles. The van der Waals surface area contributed by atoms with Crippen molar-refractivity contribution in [3.63, 3.8) is 0 Å². The molecule has 0 bridgehead atoms. The molecule has 8 heteroatoms. The highest BCUT2D eigenvalue weighted by molar-refractivity contribution is 7.09. The molecule has 1 fully saturated rings. The Morgan fingerprint density at radius 3 is 2.60 bits per heavy atom. The fourth-order valence-electron chi connectivity index (χ4n) is 4.37. The van der Waals surface area contributed by atoms with Gasteiger partial charge in [0.2, 0.25) is 11.8 Å². The maximum Gasteiger partial charge on any atom is 0.254 e. The van der Waals surface area contributed by atoms with Crippen LogP contribution < -0.4 is 5.73 Å². The van der Waals surface area contributed by atoms with E-state index in [1.165, 1.54) is 0 Å². The predicted octanol–water partition coefficient (Wildman–Crippen LogP) is 5.02. The van der Waals surface area contributed by atoms with Crippen molar-refractivity contribution in [2.75, 3.05) is 6.54 Å². The molecule has 4 N–H and O–H groups in total. The van der Waals surface area contributed by atoms with E-state index >= 15 is 0 Å². The van der Waals surface area contributed by atoms with Gasteiger partial charge in [0.25, 0.3) is 5.91 Å². The van der Waals surface area contributed by atoms with Crippen molar-refractivity contribution < 1.29 is 9.53 Å². The standard InChI is InChI=1S/C27H31N5O2S/c1-17-12-20(23(28)34-26(29)27(3,30)15-19-8-5-4-6-9-19)14-21(13-17)25(33)32-11-7-10-22(32)24-31-18(2)16-35-24/h4-6,8-9,12-14,16,22,28-29H,7,10-11,15,30H2,1-3H3/t22-,27-/m1/s1. The Morgan fingerprint density at radius 2 is 1.91 bits per heavy atom. The molecule has 1 aliphatic rings. The van der Waals surface area contributed by atoms with Gasteiger partial charge in [0.05, 0.1) is 11.6 Å². The van der Waals surface area contributed by atoms with Crippen molar-refractivity contribution in [1.29, 1.82) is 10.8 Å². The molecule has 182 valence electrons. The number of aryl methyl sites for hydroxylation is 2. The van der Waals surface area contributed by atoms with E-state index in [1.54, 1.807) is 30.4 Å². The molecular weight excluding hydrogens is 458 g/mol. The van der Waals surface area contributed by atoms with Gasteiger partial charge in [-0.15, -0.1) is 11.3 Å². The van der Waals surface area contributed by atoms with Crippen molar-refractivity contribution in [2.45, 2.75) is 51.6 Å². The van der Waals surface area contributed by atoms with E-state index in [0.29, 0.717) is 24.1 Å². The van der Waals surface area contributed by atoms with Crippen molar-refractivity contribution in [3.8, 4) is 0 Å². The molecule has 1 amide bonds. The monoisotopic (exact) mass is 489 g/mol. The van der Waals surface area contributed by atoms with Crippen LogP contribution in [0.25, 0.3) is 0 Å². The molecule has 35 heavy (non-hydrogen) atoms. The summed E-state index contributed by atoms with van der Waals surface area (Å²) in [5.74, 6) is -0.480. The Balaban J connectivity index is 1.50. The summed E-state index contributed by atoms with van der Waals surface area (Å²) < 4.78 is 5.59. The first-order valence-electron chi connectivity index (χ1n) is 11.7. The molecule has 0 aliphatic carbocycles. The van der Waals surface area contributed by atoms with E-state index < -0.39 is 5.54 Å². The molecule has 2 aromatic carbocycles. The normalized spacial score (nSPS) is 17.1. The fourth-order valence-corrected chi connectivity index (χ4v) is 5.32. The molecule has 7 nitrogen and oxygen atoms in total. The lowest BCUT2D eigenvalue weighted by atomic mass is 9.93. The predicted molar refractivity (Wildman–Crippen MR) is 139 cm³/mol. The second kappa shape index (κ2) is 10.1. The summed E-state index contributed by atoms with van der Waals surface area (Å²) in [7, 11) is 0. The summed E-state index contributed by atoms with van der Waals surface area (Å²) in [4.78, 5) is 20.0. The highest BCUT2D eigenvalue weighted by Crippen LogP contribution is 2.35. The first kappa shape index (κ1) is 24.8. The molecule has 1 saturated heterocycles. The van der Waals surface area contributed by atoms with Gasteiger partial charge in [0.15, 0.2) is 0 Å². The van der Waals surface area contributed by atoms with Crippen molar-refractivity contribution in [1.82, 2.24) is 9.88 Å². The summed E-state index contributed by atoms with van der Waals surface area (Å²) in [6, 6.07) is 14.9. The second-order valence-corrected chi connectivity index (χ2v) is 10.3. The molecule has 0 unspecified atom stereocenters. The molecule has 0 spiro atoms. The van der Waals surface area contributed by atoms with E-state index in [2.05, 4.69) is 4.98 Å². The van der Waals surface area contributed by atoms with Crippen LogP contribution in [0, 0.1) is 24.7 Å². The number of rotatable bonds is 6. The lowest BCUT2D eigenvalue weighted by Gasteiger charge is -2.26. The van der Waals surface area contributed by atoms with Gasteiger partial charge in [-0.05, 0) is 69.4 Å².